The van der Waals surface area contributed by atoms with E-state index in [-0.39, 0.29) is 11.6 Å². The van der Waals surface area contributed by atoms with Gasteiger partial charge in [0.1, 0.15) is 0 Å². The molecule has 0 atom stereocenters. The highest BCUT2D eigenvalue weighted by Crippen LogP contribution is 2.18. The Bertz CT molecular complexity index is 379. The van der Waals surface area contributed by atoms with Gasteiger partial charge in [0, 0.05) is 16.8 Å². The SMILES string of the molecule is CC(C)c1nc(CNC(=O)NC(C)(C)C)cs1. The summed E-state index contributed by atoms with van der Waals surface area (Å²) in [6.45, 7) is 10.6. The lowest BCUT2D eigenvalue weighted by Crippen LogP contribution is -2.46. The van der Waals surface area contributed by atoms with Crippen molar-refractivity contribution in [3.05, 3.63) is 16.1 Å². The first kappa shape index (κ1) is 14.0. The first-order valence-electron chi connectivity index (χ1n) is 5.78. The number of thiazole rings is 1. The van der Waals surface area contributed by atoms with Gasteiger partial charge < -0.3 is 10.6 Å². The van der Waals surface area contributed by atoms with Crippen LogP contribution in [0.5, 0.6) is 0 Å². The third kappa shape index (κ3) is 5.17. The van der Waals surface area contributed by atoms with Crippen molar-refractivity contribution < 1.29 is 4.79 Å². The normalized spacial score (nSPS) is 11.6. The summed E-state index contributed by atoms with van der Waals surface area (Å²) < 4.78 is 0. The van der Waals surface area contributed by atoms with Gasteiger partial charge in [0.25, 0.3) is 0 Å². The summed E-state index contributed by atoms with van der Waals surface area (Å²) in [7, 11) is 0. The summed E-state index contributed by atoms with van der Waals surface area (Å²) in [5.41, 5.74) is 0.706. The molecule has 0 spiro atoms. The van der Waals surface area contributed by atoms with Crippen molar-refractivity contribution in [1.29, 1.82) is 0 Å². The highest BCUT2D eigenvalue weighted by molar-refractivity contribution is 7.09. The number of nitrogens with zero attached hydrogens (tertiary/aromatic N) is 1. The van der Waals surface area contributed by atoms with Crippen LogP contribution in [-0.4, -0.2) is 16.6 Å². The topological polar surface area (TPSA) is 54.0 Å². The summed E-state index contributed by atoms with van der Waals surface area (Å²) in [5, 5.41) is 8.75. The first-order valence-corrected chi connectivity index (χ1v) is 6.66. The van der Waals surface area contributed by atoms with Crippen LogP contribution in [0.15, 0.2) is 5.38 Å². The molecule has 0 radical (unpaired) electrons. The number of hydrogen-bond donors (Lipinski definition) is 2. The second-order valence-electron chi connectivity index (χ2n) is 5.39. The quantitative estimate of drug-likeness (QED) is 0.872. The summed E-state index contributed by atoms with van der Waals surface area (Å²) >= 11 is 1.64. The average molecular weight is 255 g/mol. The van der Waals surface area contributed by atoms with Crippen LogP contribution in [-0.2, 0) is 6.54 Å². The molecular formula is C12H21N3OS. The Morgan fingerprint density at radius 1 is 1.47 bits per heavy atom. The van der Waals surface area contributed by atoms with E-state index in [2.05, 4.69) is 29.5 Å². The number of nitrogens with one attached hydrogen (secondary N) is 2. The Morgan fingerprint density at radius 2 is 2.12 bits per heavy atom. The molecule has 0 aliphatic heterocycles. The van der Waals surface area contributed by atoms with Crippen molar-refractivity contribution in [2.75, 3.05) is 0 Å². The molecule has 1 aromatic rings. The summed E-state index contributed by atoms with van der Waals surface area (Å²) in [6.07, 6.45) is 0. The van der Waals surface area contributed by atoms with Crippen LogP contribution in [0.4, 0.5) is 4.79 Å². The van der Waals surface area contributed by atoms with Crippen molar-refractivity contribution >= 4 is 17.4 Å². The van der Waals surface area contributed by atoms with E-state index >= 15 is 0 Å². The molecule has 0 bridgehead atoms. The lowest BCUT2D eigenvalue weighted by Gasteiger charge is -2.20. The Kier molecular flexibility index (Phi) is 4.51. The zero-order chi connectivity index (χ0) is 13.1. The van der Waals surface area contributed by atoms with Crippen molar-refractivity contribution in [3.8, 4) is 0 Å². The van der Waals surface area contributed by atoms with Crippen molar-refractivity contribution in [2.45, 2.75) is 52.6 Å². The Hall–Kier alpha value is -1.10. The molecule has 17 heavy (non-hydrogen) atoms. The van der Waals surface area contributed by atoms with Crippen LogP contribution in [0.25, 0.3) is 0 Å². The van der Waals surface area contributed by atoms with Crippen LogP contribution < -0.4 is 10.6 Å². The molecule has 2 N–H and O–H groups in total. The van der Waals surface area contributed by atoms with Gasteiger partial charge >= 0.3 is 6.03 Å². The minimum Gasteiger partial charge on any atom is -0.334 e. The average Bonchev–Trinajstić information content (AvgIpc) is 2.60. The van der Waals surface area contributed by atoms with Gasteiger partial charge in [-0.15, -0.1) is 11.3 Å². The molecule has 4 nitrogen and oxygen atoms in total. The standard InChI is InChI=1S/C12H21N3OS/c1-8(2)10-14-9(7-17-10)6-13-11(16)15-12(3,4)5/h7-8H,6H2,1-5H3,(H2,13,15,16). The molecule has 0 aliphatic rings. The zero-order valence-corrected chi connectivity index (χ0v) is 11.9. The van der Waals surface area contributed by atoms with Gasteiger partial charge in [-0.3, -0.25) is 0 Å². The highest BCUT2D eigenvalue weighted by atomic mass is 32.1. The van der Waals surface area contributed by atoms with Crippen LogP contribution >= 0.6 is 11.3 Å². The fourth-order valence-electron chi connectivity index (χ4n) is 1.22. The van der Waals surface area contributed by atoms with Crippen molar-refractivity contribution in [3.63, 3.8) is 0 Å². The van der Waals surface area contributed by atoms with E-state index < -0.39 is 0 Å². The first-order chi connectivity index (χ1) is 7.78. The van der Waals surface area contributed by atoms with Gasteiger partial charge in [-0.25, -0.2) is 9.78 Å². The number of urea groups is 1. The number of rotatable bonds is 3. The molecule has 0 saturated carbocycles. The van der Waals surface area contributed by atoms with E-state index in [9.17, 15) is 4.79 Å². The number of hydrogen-bond acceptors (Lipinski definition) is 3. The lowest BCUT2D eigenvalue weighted by molar-refractivity contribution is 0.231. The molecule has 5 heteroatoms. The summed E-state index contributed by atoms with van der Waals surface area (Å²) in [4.78, 5) is 16.0. The van der Waals surface area contributed by atoms with Gasteiger partial charge in [-0.1, -0.05) is 13.8 Å². The maximum atomic E-state index is 11.5. The summed E-state index contributed by atoms with van der Waals surface area (Å²) in [6, 6.07) is -0.156. The molecular weight excluding hydrogens is 234 g/mol. The van der Waals surface area contributed by atoms with Crippen molar-refractivity contribution in [1.82, 2.24) is 15.6 Å². The monoisotopic (exact) mass is 255 g/mol. The van der Waals surface area contributed by atoms with Gasteiger partial charge in [0.05, 0.1) is 17.2 Å². The van der Waals surface area contributed by atoms with Crippen molar-refractivity contribution in [2.24, 2.45) is 0 Å². The third-order valence-electron chi connectivity index (χ3n) is 1.98. The van der Waals surface area contributed by atoms with Gasteiger partial charge in [-0.2, -0.15) is 0 Å². The molecule has 0 unspecified atom stereocenters. The Morgan fingerprint density at radius 3 is 2.59 bits per heavy atom. The molecule has 0 aromatic carbocycles. The Labute approximate surface area is 107 Å². The highest BCUT2D eigenvalue weighted by Gasteiger charge is 2.13. The molecule has 1 rings (SSSR count). The van der Waals surface area contributed by atoms with E-state index in [4.69, 9.17) is 0 Å². The second-order valence-corrected chi connectivity index (χ2v) is 6.28. The minimum absolute atomic E-state index is 0.156. The lowest BCUT2D eigenvalue weighted by atomic mass is 10.1. The maximum absolute atomic E-state index is 11.5. The number of aromatic nitrogens is 1. The molecule has 2 amide bonds. The number of amides is 2. The molecule has 0 aliphatic carbocycles. The predicted octanol–water partition coefficient (Wildman–Crippen LogP) is 2.86. The minimum atomic E-state index is -0.213. The van der Waals surface area contributed by atoms with Gasteiger partial charge in [-0.05, 0) is 20.8 Å². The van der Waals surface area contributed by atoms with Gasteiger partial charge in [0.2, 0.25) is 0 Å². The van der Waals surface area contributed by atoms with Crippen LogP contribution in [0.1, 0.15) is 51.2 Å². The second kappa shape index (κ2) is 5.49. The molecule has 1 heterocycles. The predicted molar refractivity (Wildman–Crippen MR) is 71.3 cm³/mol. The van der Waals surface area contributed by atoms with E-state index in [0.29, 0.717) is 12.5 Å². The third-order valence-corrected chi connectivity index (χ3v) is 3.18. The molecule has 96 valence electrons. The van der Waals surface area contributed by atoms with Crippen LogP contribution in [0, 0.1) is 0 Å². The van der Waals surface area contributed by atoms with E-state index in [1.165, 1.54) is 0 Å². The molecule has 1 aromatic heterocycles. The van der Waals surface area contributed by atoms with E-state index in [0.717, 1.165) is 10.7 Å². The smallest absolute Gasteiger partial charge is 0.315 e. The fraction of sp³-hybridized carbons (Fsp3) is 0.667. The number of carbonyl (C=O) groups is 1. The zero-order valence-electron chi connectivity index (χ0n) is 11.1. The van der Waals surface area contributed by atoms with E-state index in [1.54, 1.807) is 11.3 Å². The van der Waals surface area contributed by atoms with Crippen LogP contribution in [0.2, 0.25) is 0 Å². The largest absolute Gasteiger partial charge is 0.334 e. The van der Waals surface area contributed by atoms with E-state index in [1.807, 2.05) is 26.2 Å². The summed E-state index contributed by atoms with van der Waals surface area (Å²) in [5.74, 6) is 0.442. The molecule has 0 saturated heterocycles. The van der Waals surface area contributed by atoms with Crippen LogP contribution in [0.3, 0.4) is 0 Å². The number of carbonyl (C=O) groups excluding carboxylic acids is 1. The Balaban J connectivity index is 2.42. The van der Waals surface area contributed by atoms with Gasteiger partial charge in [0.15, 0.2) is 0 Å². The molecule has 0 fully saturated rings. The fourth-order valence-corrected chi connectivity index (χ4v) is 2.06. The maximum Gasteiger partial charge on any atom is 0.315 e.